The third-order valence-corrected chi connectivity index (χ3v) is 10.2. The molecule has 8 atom stereocenters. The van der Waals surface area contributed by atoms with Crippen molar-refractivity contribution >= 4 is 5.78 Å². The van der Waals surface area contributed by atoms with Gasteiger partial charge in [-0.2, -0.15) is 0 Å². The highest BCUT2D eigenvalue weighted by atomic mass is 16.7. The lowest BCUT2D eigenvalue weighted by Gasteiger charge is -2.62. The van der Waals surface area contributed by atoms with Gasteiger partial charge in [0.15, 0.2) is 0 Å². The molecule has 5 saturated carbocycles. The Bertz CT molecular complexity index is 588. The van der Waals surface area contributed by atoms with Gasteiger partial charge in [-0.05, 0) is 105 Å². The average molecular weight is 375 g/mol. The van der Waals surface area contributed by atoms with Crippen molar-refractivity contribution < 1.29 is 14.3 Å². The predicted molar refractivity (Wildman–Crippen MR) is 105 cm³/mol. The third-order valence-electron chi connectivity index (χ3n) is 10.2. The fourth-order valence-electron chi connectivity index (χ4n) is 9.08. The van der Waals surface area contributed by atoms with E-state index in [0.717, 1.165) is 30.1 Å². The summed E-state index contributed by atoms with van der Waals surface area (Å²) in [6, 6.07) is 0. The molecule has 5 fully saturated rings. The summed E-state index contributed by atoms with van der Waals surface area (Å²) in [7, 11) is 1.72. The first-order chi connectivity index (χ1) is 13.1. The highest BCUT2D eigenvalue weighted by Gasteiger charge is 2.63. The minimum absolute atomic E-state index is 0.404. The molecule has 0 aromatic carbocycles. The van der Waals surface area contributed by atoms with Gasteiger partial charge in [0, 0.05) is 19.4 Å². The maximum Gasteiger partial charge on any atom is 0.146 e. The lowest BCUT2D eigenvalue weighted by atomic mass is 9.43. The Hall–Kier alpha value is -0.410. The zero-order valence-corrected chi connectivity index (χ0v) is 17.4. The molecule has 3 nitrogen and oxygen atoms in total. The minimum Gasteiger partial charge on any atom is -0.359 e. The second kappa shape index (κ2) is 6.83. The highest BCUT2D eigenvalue weighted by Crippen LogP contribution is 2.69. The van der Waals surface area contributed by atoms with E-state index in [1.165, 1.54) is 70.6 Å². The second-order valence-corrected chi connectivity index (χ2v) is 10.8. The Morgan fingerprint density at radius 3 is 2.74 bits per heavy atom. The van der Waals surface area contributed by atoms with E-state index in [0.29, 0.717) is 35.4 Å². The van der Waals surface area contributed by atoms with Crippen LogP contribution in [-0.2, 0) is 14.3 Å². The van der Waals surface area contributed by atoms with Gasteiger partial charge in [0.05, 0.1) is 6.10 Å². The molecule has 5 aliphatic carbocycles. The van der Waals surface area contributed by atoms with E-state index >= 15 is 0 Å². The summed E-state index contributed by atoms with van der Waals surface area (Å²) >= 11 is 0. The molecule has 0 N–H and O–H groups in total. The van der Waals surface area contributed by atoms with Gasteiger partial charge in [-0.3, -0.25) is 4.79 Å². The topological polar surface area (TPSA) is 35.5 Å². The van der Waals surface area contributed by atoms with Gasteiger partial charge in [0.2, 0.25) is 0 Å². The molecule has 1 spiro atoms. The molecular weight excluding hydrogens is 336 g/mol. The normalized spacial score (nSPS) is 51.9. The summed E-state index contributed by atoms with van der Waals surface area (Å²) in [4.78, 5) is 12.7. The van der Waals surface area contributed by atoms with E-state index in [1.807, 2.05) is 0 Å². The Kier molecular flexibility index (Phi) is 4.71. The quantitative estimate of drug-likeness (QED) is 0.623. The maximum absolute atomic E-state index is 12.7. The highest BCUT2D eigenvalue weighted by molar-refractivity contribution is 5.83. The van der Waals surface area contributed by atoms with Crippen molar-refractivity contribution in [2.75, 3.05) is 13.9 Å². The van der Waals surface area contributed by atoms with E-state index in [2.05, 4.69) is 6.92 Å². The Labute approximate surface area is 164 Å². The van der Waals surface area contributed by atoms with Crippen LogP contribution in [0.2, 0.25) is 0 Å². The summed E-state index contributed by atoms with van der Waals surface area (Å²) in [6.07, 6.45) is 15.7. The van der Waals surface area contributed by atoms with Crippen LogP contribution in [0.4, 0.5) is 0 Å². The molecule has 3 heteroatoms. The van der Waals surface area contributed by atoms with Crippen molar-refractivity contribution in [1.29, 1.82) is 0 Å². The fourth-order valence-corrected chi connectivity index (χ4v) is 9.08. The number of fused-ring (bicyclic) bond motifs is 4. The van der Waals surface area contributed by atoms with Crippen LogP contribution >= 0.6 is 0 Å². The molecule has 0 aromatic rings. The zero-order valence-electron chi connectivity index (χ0n) is 17.4. The maximum atomic E-state index is 12.7. The SMILES string of the molecule is COCO[C@@H]1CC[C@@]2(C)[C@@H](CC[C@@H]3[C@@H]2CC[C@@]24CCCC(=O)[C@H]2CC[C@@H]34)C1. The summed E-state index contributed by atoms with van der Waals surface area (Å²) in [5, 5.41) is 0. The first kappa shape index (κ1) is 18.6. The Morgan fingerprint density at radius 1 is 1.00 bits per heavy atom. The van der Waals surface area contributed by atoms with Crippen LogP contribution in [0.1, 0.15) is 84.0 Å². The van der Waals surface area contributed by atoms with E-state index in [-0.39, 0.29) is 0 Å². The van der Waals surface area contributed by atoms with Gasteiger partial charge in [-0.1, -0.05) is 6.92 Å². The number of rotatable bonds is 3. The number of methoxy groups -OCH3 is 1. The first-order valence-corrected chi connectivity index (χ1v) is 11.7. The third kappa shape index (κ3) is 2.70. The van der Waals surface area contributed by atoms with Crippen LogP contribution in [0.25, 0.3) is 0 Å². The molecule has 0 heterocycles. The molecule has 0 aromatic heterocycles. The lowest BCUT2D eigenvalue weighted by Crippen LogP contribution is -2.55. The number of carbonyl (C=O) groups excluding carboxylic acids is 1. The molecule has 0 aliphatic heterocycles. The lowest BCUT2D eigenvalue weighted by molar-refractivity contribution is -0.161. The summed E-state index contributed by atoms with van der Waals surface area (Å²) in [5.41, 5.74) is 0.923. The van der Waals surface area contributed by atoms with Crippen LogP contribution in [0, 0.1) is 40.4 Å². The first-order valence-electron chi connectivity index (χ1n) is 11.7. The van der Waals surface area contributed by atoms with Gasteiger partial charge >= 0.3 is 0 Å². The summed E-state index contributed by atoms with van der Waals surface area (Å²) in [5.74, 6) is 4.52. The number of hydrogen-bond acceptors (Lipinski definition) is 3. The standard InChI is InChI=1S/C24H38O3/c1-23-12-9-17(27-15-26-2)14-16(23)5-6-18-19(23)10-13-24-11-3-4-22(25)21(24)8-7-20(18)24/h16-21H,3-15H2,1-2H3/t16-,17+,18+,19-,20-,21+,23-,24+/m0/s1. The fraction of sp³-hybridized carbons (Fsp3) is 0.958. The van der Waals surface area contributed by atoms with Gasteiger partial charge in [0.25, 0.3) is 0 Å². The molecule has 0 saturated heterocycles. The van der Waals surface area contributed by atoms with Gasteiger partial charge < -0.3 is 9.47 Å². The molecular formula is C24H38O3. The van der Waals surface area contributed by atoms with Crippen molar-refractivity contribution in [2.45, 2.75) is 90.1 Å². The van der Waals surface area contributed by atoms with E-state index in [4.69, 9.17) is 9.47 Å². The summed E-state index contributed by atoms with van der Waals surface area (Å²) < 4.78 is 11.1. The van der Waals surface area contributed by atoms with Crippen molar-refractivity contribution in [3.63, 3.8) is 0 Å². The summed E-state index contributed by atoms with van der Waals surface area (Å²) in [6.45, 7) is 3.07. The van der Waals surface area contributed by atoms with Gasteiger partial charge in [0.1, 0.15) is 12.6 Å². The molecule has 0 amide bonds. The largest absolute Gasteiger partial charge is 0.359 e. The monoisotopic (exact) mass is 374 g/mol. The Balaban J connectivity index is 1.36. The average Bonchev–Trinajstić information content (AvgIpc) is 3.07. The van der Waals surface area contributed by atoms with Crippen LogP contribution in [0.15, 0.2) is 0 Å². The minimum atomic E-state index is 0.404. The number of ketones is 1. The van der Waals surface area contributed by atoms with Crippen LogP contribution < -0.4 is 0 Å². The molecule has 5 rings (SSSR count). The number of carbonyl (C=O) groups is 1. The molecule has 0 unspecified atom stereocenters. The van der Waals surface area contributed by atoms with E-state index in [9.17, 15) is 4.79 Å². The number of hydrogen-bond donors (Lipinski definition) is 0. The molecule has 5 aliphatic rings. The molecule has 0 bridgehead atoms. The predicted octanol–water partition coefficient (Wildman–Crippen LogP) is 5.37. The van der Waals surface area contributed by atoms with Gasteiger partial charge in [-0.25, -0.2) is 0 Å². The van der Waals surface area contributed by atoms with Crippen molar-refractivity contribution in [2.24, 2.45) is 40.4 Å². The van der Waals surface area contributed by atoms with E-state index < -0.39 is 0 Å². The molecule has 0 radical (unpaired) electrons. The zero-order chi connectivity index (χ0) is 18.6. The van der Waals surface area contributed by atoms with Crippen molar-refractivity contribution in [3.8, 4) is 0 Å². The second-order valence-electron chi connectivity index (χ2n) is 10.8. The van der Waals surface area contributed by atoms with Gasteiger partial charge in [-0.15, -0.1) is 0 Å². The van der Waals surface area contributed by atoms with Crippen LogP contribution in [0.5, 0.6) is 0 Å². The van der Waals surface area contributed by atoms with Crippen molar-refractivity contribution in [3.05, 3.63) is 0 Å². The van der Waals surface area contributed by atoms with Crippen molar-refractivity contribution in [1.82, 2.24) is 0 Å². The smallest absolute Gasteiger partial charge is 0.146 e. The molecule has 27 heavy (non-hydrogen) atoms. The number of ether oxygens (including phenoxy) is 2. The molecule has 152 valence electrons. The van der Waals surface area contributed by atoms with E-state index in [1.54, 1.807) is 7.11 Å². The van der Waals surface area contributed by atoms with Crippen LogP contribution in [0.3, 0.4) is 0 Å². The Morgan fingerprint density at radius 2 is 1.89 bits per heavy atom. The number of Topliss-reactive ketones (excluding diaryl/α,β-unsaturated/α-hetero) is 1. The van der Waals surface area contributed by atoms with Crippen LogP contribution in [-0.4, -0.2) is 25.8 Å².